The molecule has 0 radical (unpaired) electrons. The largest absolute Gasteiger partial charge is 0.293 e. The van der Waals surface area contributed by atoms with Crippen molar-refractivity contribution in [3.8, 4) is 0 Å². The van der Waals surface area contributed by atoms with Gasteiger partial charge in [-0.1, -0.05) is 19.3 Å². The third-order valence-corrected chi connectivity index (χ3v) is 4.25. The molecule has 0 aromatic carbocycles. The van der Waals surface area contributed by atoms with Gasteiger partial charge in [0.1, 0.15) is 0 Å². The van der Waals surface area contributed by atoms with Crippen molar-refractivity contribution in [2.24, 2.45) is 0 Å². The molecule has 1 aromatic rings. The first-order valence-corrected chi connectivity index (χ1v) is 8.03. The quantitative estimate of drug-likeness (QED) is 0.751. The summed E-state index contributed by atoms with van der Waals surface area (Å²) in [5, 5.41) is 0. The lowest BCUT2D eigenvalue weighted by molar-refractivity contribution is 0.155. The van der Waals surface area contributed by atoms with E-state index in [0.29, 0.717) is 11.9 Å². The van der Waals surface area contributed by atoms with Gasteiger partial charge in [-0.2, -0.15) is 0 Å². The summed E-state index contributed by atoms with van der Waals surface area (Å²) in [6.07, 6.45) is 8.60. The minimum atomic E-state index is 0.697. The molecule has 0 saturated heterocycles. The third-order valence-electron chi connectivity index (χ3n) is 3.62. The number of halogens is 2. The van der Waals surface area contributed by atoms with Gasteiger partial charge in [-0.05, 0) is 40.9 Å². The van der Waals surface area contributed by atoms with Crippen molar-refractivity contribution in [3.63, 3.8) is 0 Å². The van der Waals surface area contributed by atoms with Crippen LogP contribution < -0.4 is 0 Å². The summed E-state index contributed by atoms with van der Waals surface area (Å²) in [5.74, 6) is 0.701. The average molecular weight is 332 g/mol. The van der Waals surface area contributed by atoms with E-state index in [1.807, 2.05) is 6.20 Å². The van der Waals surface area contributed by atoms with Crippen LogP contribution in [0.25, 0.3) is 0 Å². The van der Waals surface area contributed by atoms with Gasteiger partial charge in [-0.25, -0.2) is 0 Å². The van der Waals surface area contributed by atoms with E-state index in [0.717, 1.165) is 23.3 Å². The zero-order valence-corrected chi connectivity index (χ0v) is 13.0. The molecule has 100 valence electrons. The highest BCUT2D eigenvalue weighted by Gasteiger charge is 2.20. The minimum absolute atomic E-state index is 0.697. The summed E-state index contributed by atoms with van der Waals surface area (Å²) in [4.78, 5) is 6.97. The Morgan fingerprint density at radius 1 is 1.28 bits per heavy atom. The Morgan fingerprint density at radius 2 is 2.06 bits per heavy atom. The summed E-state index contributed by atoms with van der Waals surface area (Å²) in [5.41, 5.74) is 1.13. The number of alkyl halides is 1. The summed E-state index contributed by atoms with van der Waals surface area (Å²) in [6, 6.07) is 4.85. The summed E-state index contributed by atoms with van der Waals surface area (Å²) in [6.45, 7) is 1.88. The van der Waals surface area contributed by atoms with Crippen LogP contribution in [0.4, 0.5) is 0 Å². The third kappa shape index (κ3) is 4.22. The van der Waals surface area contributed by atoms with E-state index in [-0.39, 0.29) is 0 Å². The second-order valence-electron chi connectivity index (χ2n) is 4.92. The fourth-order valence-electron chi connectivity index (χ4n) is 2.65. The first kappa shape index (κ1) is 14.3. The van der Waals surface area contributed by atoms with Crippen LogP contribution >= 0.6 is 27.5 Å². The molecule has 0 spiro atoms. The highest BCUT2D eigenvalue weighted by Crippen LogP contribution is 2.24. The molecule has 0 amide bonds. The first-order chi connectivity index (χ1) is 8.79. The van der Waals surface area contributed by atoms with Crippen molar-refractivity contribution in [2.75, 3.05) is 12.4 Å². The molecule has 1 aromatic heterocycles. The van der Waals surface area contributed by atoms with Gasteiger partial charge in [0, 0.05) is 35.7 Å². The number of aromatic nitrogens is 1. The molecule has 18 heavy (non-hydrogen) atoms. The lowest BCUT2D eigenvalue weighted by atomic mass is 9.94. The van der Waals surface area contributed by atoms with Gasteiger partial charge >= 0.3 is 0 Å². The summed E-state index contributed by atoms with van der Waals surface area (Å²) < 4.78 is 1.04. The van der Waals surface area contributed by atoms with Gasteiger partial charge in [-0.3, -0.25) is 9.88 Å². The molecule has 1 saturated carbocycles. The first-order valence-electron chi connectivity index (χ1n) is 6.70. The van der Waals surface area contributed by atoms with Gasteiger partial charge < -0.3 is 0 Å². The van der Waals surface area contributed by atoms with E-state index in [1.54, 1.807) is 0 Å². The van der Waals surface area contributed by atoms with Crippen molar-refractivity contribution in [2.45, 2.75) is 44.7 Å². The zero-order chi connectivity index (χ0) is 12.8. The van der Waals surface area contributed by atoms with Gasteiger partial charge in [0.05, 0.1) is 5.69 Å². The highest BCUT2D eigenvalue weighted by molar-refractivity contribution is 9.10. The smallest absolute Gasteiger partial charge is 0.0544 e. The van der Waals surface area contributed by atoms with Crippen molar-refractivity contribution in [3.05, 3.63) is 28.5 Å². The van der Waals surface area contributed by atoms with Crippen molar-refractivity contribution in [1.29, 1.82) is 0 Å². The van der Waals surface area contributed by atoms with Gasteiger partial charge in [-0.15, -0.1) is 11.6 Å². The Hall–Kier alpha value is -0.120. The molecule has 2 rings (SSSR count). The Kier molecular flexibility index (Phi) is 5.93. The van der Waals surface area contributed by atoms with Crippen LogP contribution in [-0.2, 0) is 6.54 Å². The predicted octanol–water partition coefficient (Wildman–Crippen LogP) is 4.22. The number of hydrogen-bond donors (Lipinski definition) is 0. The maximum atomic E-state index is 5.94. The van der Waals surface area contributed by atoms with Gasteiger partial charge in [0.25, 0.3) is 0 Å². The van der Waals surface area contributed by atoms with Gasteiger partial charge in [0.15, 0.2) is 0 Å². The highest BCUT2D eigenvalue weighted by atomic mass is 79.9. The molecule has 1 aliphatic carbocycles. The zero-order valence-electron chi connectivity index (χ0n) is 10.6. The van der Waals surface area contributed by atoms with E-state index in [4.69, 9.17) is 11.6 Å². The summed E-state index contributed by atoms with van der Waals surface area (Å²) in [7, 11) is 0. The van der Waals surface area contributed by atoms with E-state index in [1.165, 1.54) is 32.1 Å². The SMILES string of the molecule is ClCCN(Cc1ccc(Br)cn1)C1CCCCC1. The standard InChI is InChI=1S/C14H20BrClN2/c15-12-6-7-13(17-10-12)11-18(9-8-16)14-4-2-1-3-5-14/h6-7,10,14H,1-5,8-9,11H2. The van der Waals surface area contributed by atoms with Crippen LogP contribution in [0.15, 0.2) is 22.8 Å². The Labute approximate surface area is 123 Å². The molecule has 0 atom stereocenters. The molecule has 2 nitrogen and oxygen atoms in total. The van der Waals surface area contributed by atoms with Crippen LogP contribution in [0.5, 0.6) is 0 Å². The summed E-state index contributed by atoms with van der Waals surface area (Å²) >= 11 is 9.36. The number of nitrogens with zero attached hydrogens (tertiary/aromatic N) is 2. The molecule has 0 N–H and O–H groups in total. The number of rotatable bonds is 5. The average Bonchev–Trinajstić information content (AvgIpc) is 2.42. The monoisotopic (exact) mass is 330 g/mol. The second-order valence-corrected chi connectivity index (χ2v) is 6.21. The molecular weight excluding hydrogens is 312 g/mol. The Balaban J connectivity index is 1.98. The maximum absolute atomic E-state index is 5.94. The maximum Gasteiger partial charge on any atom is 0.0544 e. The Bertz CT molecular complexity index is 349. The van der Waals surface area contributed by atoms with E-state index in [9.17, 15) is 0 Å². The number of hydrogen-bond acceptors (Lipinski definition) is 2. The lowest BCUT2D eigenvalue weighted by Gasteiger charge is -2.33. The van der Waals surface area contributed by atoms with Crippen molar-refractivity contribution in [1.82, 2.24) is 9.88 Å². The Morgan fingerprint density at radius 3 is 2.67 bits per heavy atom. The van der Waals surface area contributed by atoms with E-state index >= 15 is 0 Å². The molecule has 1 heterocycles. The molecule has 1 fully saturated rings. The molecule has 0 unspecified atom stereocenters. The van der Waals surface area contributed by atoms with Crippen molar-refractivity contribution >= 4 is 27.5 Å². The number of pyridine rings is 1. The van der Waals surface area contributed by atoms with Crippen LogP contribution in [0.3, 0.4) is 0 Å². The molecule has 1 aliphatic rings. The lowest BCUT2D eigenvalue weighted by Crippen LogP contribution is -2.37. The molecule has 0 bridgehead atoms. The van der Waals surface area contributed by atoms with Gasteiger partial charge in [0.2, 0.25) is 0 Å². The van der Waals surface area contributed by atoms with Crippen LogP contribution in [0.2, 0.25) is 0 Å². The fraction of sp³-hybridized carbons (Fsp3) is 0.643. The second kappa shape index (κ2) is 7.46. The molecular formula is C14H20BrClN2. The van der Waals surface area contributed by atoms with Crippen LogP contribution in [0.1, 0.15) is 37.8 Å². The molecule has 4 heteroatoms. The fourth-order valence-corrected chi connectivity index (χ4v) is 3.11. The van der Waals surface area contributed by atoms with E-state index < -0.39 is 0 Å². The van der Waals surface area contributed by atoms with Crippen molar-refractivity contribution < 1.29 is 0 Å². The topological polar surface area (TPSA) is 16.1 Å². The molecule has 0 aliphatic heterocycles. The van der Waals surface area contributed by atoms with Crippen LogP contribution in [-0.4, -0.2) is 28.4 Å². The van der Waals surface area contributed by atoms with Crippen LogP contribution in [0, 0.1) is 0 Å². The minimum Gasteiger partial charge on any atom is -0.293 e. The predicted molar refractivity (Wildman–Crippen MR) is 79.9 cm³/mol. The normalized spacial score (nSPS) is 17.3. The van der Waals surface area contributed by atoms with E-state index in [2.05, 4.69) is 37.9 Å².